The van der Waals surface area contributed by atoms with Gasteiger partial charge in [0.15, 0.2) is 0 Å². The van der Waals surface area contributed by atoms with Crippen LogP contribution in [0.5, 0.6) is 0 Å². The molecule has 3 aromatic rings. The second kappa shape index (κ2) is 4.91. The zero-order valence-electron chi connectivity index (χ0n) is 11.3. The lowest BCUT2D eigenvalue weighted by molar-refractivity contribution is 0.626. The first kappa shape index (κ1) is 13.1. The van der Waals surface area contributed by atoms with Crippen molar-refractivity contribution in [2.75, 3.05) is 0 Å². The zero-order valence-corrected chi connectivity index (χ0v) is 12.1. The highest BCUT2D eigenvalue weighted by Gasteiger charge is 2.14. The average Bonchev–Trinajstić information content (AvgIpc) is 2.79. The Labute approximate surface area is 121 Å². The molecule has 0 aliphatic rings. The number of aromatic nitrogens is 2. The van der Waals surface area contributed by atoms with Gasteiger partial charge in [0.05, 0.1) is 22.6 Å². The van der Waals surface area contributed by atoms with Gasteiger partial charge in [-0.05, 0) is 49.2 Å². The highest BCUT2D eigenvalue weighted by molar-refractivity contribution is 6.17. The summed E-state index contributed by atoms with van der Waals surface area (Å²) >= 11 is 6.03. The van der Waals surface area contributed by atoms with E-state index in [-0.39, 0.29) is 5.82 Å². The molecule has 0 aliphatic carbocycles. The van der Waals surface area contributed by atoms with Gasteiger partial charge in [0, 0.05) is 0 Å². The number of alkyl halides is 1. The van der Waals surface area contributed by atoms with Gasteiger partial charge in [0.25, 0.3) is 0 Å². The van der Waals surface area contributed by atoms with E-state index >= 15 is 0 Å². The predicted octanol–water partition coefficient (Wildman–Crippen LogP) is 4.52. The lowest BCUT2D eigenvalue weighted by Gasteiger charge is -2.11. The minimum atomic E-state index is -0.237. The molecule has 0 fully saturated rings. The fourth-order valence-corrected chi connectivity index (χ4v) is 2.69. The summed E-state index contributed by atoms with van der Waals surface area (Å²) in [5.41, 5.74) is 4.81. The molecule has 0 amide bonds. The first-order valence-electron chi connectivity index (χ1n) is 6.41. The van der Waals surface area contributed by atoms with Crippen LogP contribution in [0.2, 0.25) is 0 Å². The Kier molecular flexibility index (Phi) is 3.22. The first-order valence-corrected chi connectivity index (χ1v) is 6.94. The molecule has 1 heterocycles. The van der Waals surface area contributed by atoms with Gasteiger partial charge >= 0.3 is 0 Å². The Morgan fingerprint density at radius 3 is 2.65 bits per heavy atom. The Hall–Kier alpha value is -1.87. The molecule has 2 aromatic carbocycles. The van der Waals surface area contributed by atoms with Crippen LogP contribution < -0.4 is 0 Å². The van der Waals surface area contributed by atoms with Crippen LogP contribution in [-0.4, -0.2) is 9.55 Å². The molecule has 0 saturated carbocycles. The number of benzene rings is 2. The van der Waals surface area contributed by atoms with Crippen molar-refractivity contribution in [3.63, 3.8) is 0 Å². The SMILES string of the molecule is Cc1cc(F)ccc1-n1c(CCl)nc2c(C)cccc21. The van der Waals surface area contributed by atoms with Crippen molar-refractivity contribution < 1.29 is 4.39 Å². The van der Waals surface area contributed by atoms with Gasteiger partial charge in [0.2, 0.25) is 0 Å². The van der Waals surface area contributed by atoms with Gasteiger partial charge in [0.1, 0.15) is 11.6 Å². The predicted molar refractivity (Wildman–Crippen MR) is 80.1 cm³/mol. The van der Waals surface area contributed by atoms with Crippen LogP contribution in [0.4, 0.5) is 4.39 Å². The lowest BCUT2D eigenvalue weighted by atomic mass is 10.1. The van der Waals surface area contributed by atoms with E-state index < -0.39 is 0 Å². The molecule has 0 aliphatic heterocycles. The van der Waals surface area contributed by atoms with Crippen LogP contribution in [0.25, 0.3) is 16.7 Å². The standard InChI is InChI=1S/C16H14ClFN2/c1-10-4-3-5-14-16(10)19-15(9-17)20(14)13-7-6-12(18)8-11(13)2/h3-8H,9H2,1-2H3. The minimum absolute atomic E-state index is 0.237. The number of imidazole rings is 1. The Balaban J connectivity index is 2.37. The smallest absolute Gasteiger partial charge is 0.129 e. The van der Waals surface area contributed by atoms with Crippen LogP contribution in [0.15, 0.2) is 36.4 Å². The maximum Gasteiger partial charge on any atom is 0.129 e. The van der Waals surface area contributed by atoms with Gasteiger partial charge in [-0.3, -0.25) is 4.57 Å². The number of nitrogens with zero attached hydrogens (tertiary/aromatic N) is 2. The Morgan fingerprint density at radius 1 is 1.15 bits per heavy atom. The Morgan fingerprint density at radius 2 is 1.95 bits per heavy atom. The number of fused-ring (bicyclic) bond motifs is 1. The summed E-state index contributed by atoms with van der Waals surface area (Å²) < 4.78 is 15.3. The van der Waals surface area contributed by atoms with Crippen LogP contribution >= 0.6 is 11.6 Å². The van der Waals surface area contributed by atoms with E-state index in [1.54, 1.807) is 6.07 Å². The molecule has 3 rings (SSSR count). The molecule has 102 valence electrons. The molecule has 20 heavy (non-hydrogen) atoms. The summed E-state index contributed by atoms with van der Waals surface area (Å²) in [6, 6.07) is 10.8. The normalized spacial score (nSPS) is 11.2. The third-order valence-electron chi connectivity index (χ3n) is 3.48. The summed E-state index contributed by atoms with van der Waals surface area (Å²) in [5, 5.41) is 0. The third kappa shape index (κ3) is 1.98. The molecule has 1 aromatic heterocycles. The zero-order chi connectivity index (χ0) is 14.3. The van der Waals surface area contributed by atoms with Gasteiger partial charge in [-0.2, -0.15) is 0 Å². The van der Waals surface area contributed by atoms with Crippen molar-refractivity contribution in [2.24, 2.45) is 0 Å². The Bertz CT molecular complexity index is 793. The van der Waals surface area contributed by atoms with Crippen LogP contribution in [0.3, 0.4) is 0 Å². The quantitative estimate of drug-likeness (QED) is 0.634. The average molecular weight is 289 g/mol. The van der Waals surface area contributed by atoms with Gasteiger partial charge in [-0.15, -0.1) is 11.6 Å². The molecule has 0 radical (unpaired) electrons. The first-order chi connectivity index (χ1) is 9.61. The number of aryl methyl sites for hydroxylation is 2. The number of hydrogen-bond acceptors (Lipinski definition) is 1. The summed E-state index contributed by atoms with van der Waals surface area (Å²) in [6.45, 7) is 3.91. The van der Waals surface area contributed by atoms with Crippen LogP contribution in [0, 0.1) is 19.7 Å². The molecule has 2 nitrogen and oxygen atoms in total. The number of hydrogen-bond donors (Lipinski definition) is 0. The second-order valence-corrected chi connectivity index (χ2v) is 5.14. The largest absolute Gasteiger partial charge is 0.295 e. The second-order valence-electron chi connectivity index (χ2n) is 4.87. The lowest BCUT2D eigenvalue weighted by Crippen LogP contribution is -2.01. The molecular weight excluding hydrogens is 275 g/mol. The van der Waals surface area contributed by atoms with E-state index in [1.807, 2.05) is 36.6 Å². The third-order valence-corrected chi connectivity index (χ3v) is 3.71. The maximum atomic E-state index is 13.3. The van der Waals surface area contributed by atoms with E-state index in [0.29, 0.717) is 5.88 Å². The van der Waals surface area contributed by atoms with Crippen molar-refractivity contribution in [2.45, 2.75) is 19.7 Å². The van der Waals surface area contributed by atoms with Crippen molar-refractivity contribution in [1.29, 1.82) is 0 Å². The van der Waals surface area contributed by atoms with Crippen molar-refractivity contribution in [3.8, 4) is 5.69 Å². The molecule has 0 N–H and O–H groups in total. The summed E-state index contributed by atoms with van der Waals surface area (Å²) in [6.07, 6.45) is 0. The molecule has 4 heteroatoms. The van der Waals surface area contributed by atoms with Crippen molar-refractivity contribution >= 4 is 22.6 Å². The fourth-order valence-electron chi connectivity index (χ4n) is 2.52. The maximum absolute atomic E-state index is 13.3. The minimum Gasteiger partial charge on any atom is -0.295 e. The monoisotopic (exact) mass is 288 g/mol. The van der Waals surface area contributed by atoms with E-state index in [1.165, 1.54) is 12.1 Å². The summed E-state index contributed by atoms with van der Waals surface area (Å²) in [4.78, 5) is 4.61. The van der Waals surface area contributed by atoms with Crippen LogP contribution in [-0.2, 0) is 5.88 Å². The molecule has 0 unspecified atom stereocenters. The van der Waals surface area contributed by atoms with E-state index in [0.717, 1.165) is 33.7 Å². The molecular formula is C16H14ClFN2. The van der Waals surface area contributed by atoms with Crippen molar-refractivity contribution in [1.82, 2.24) is 9.55 Å². The molecule has 0 spiro atoms. The van der Waals surface area contributed by atoms with E-state index in [2.05, 4.69) is 4.98 Å². The van der Waals surface area contributed by atoms with Gasteiger partial charge in [-0.25, -0.2) is 9.37 Å². The summed E-state index contributed by atoms with van der Waals surface area (Å²) in [5.74, 6) is 0.843. The molecule has 0 saturated heterocycles. The van der Waals surface area contributed by atoms with Crippen LogP contribution in [0.1, 0.15) is 17.0 Å². The fraction of sp³-hybridized carbons (Fsp3) is 0.188. The van der Waals surface area contributed by atoms with E-state index in [9.17, 15) is 4.39 Å². The number of halogens is 2. The highest BCUT2D eigenvalue weighted by atomic mass is 35.5. The van der Waals surface area contributed by atoms with Gasteiger partial charge in [-0.1, -0.05) is 12.1 Å². The molecule has 0 bridgehead atoms. The number of para-hydroxylation sites is 1. The van der Waals surface area contributed by atoms with Crippen molar-refractivity contribution in [3.05, 3.63) is 59.2 Å². The molecule has 0 atom stereocenters. The summed E-state index contributed by atoms with van der Waals surface area (Å²) in [7, 11) is 0. The van der Waals surface area contributed by atoms with E-state index in [4.69, 9.17) is 11.6 Å². The highest BCUT2D eigenvalue weighted by Crippen LogP contribution is 2.26. The number of rotatable bonds is 2. The topological polar surface area (TPSA) is 17.8 Å². The van der Waals surface area contributed by atoms with Gasteiger partial charge < -0.3 is 0 Å².